The molecule has 2 nitrogen and oxygen atoms in total. The summed E-state index contributed by atoms with van der Waals surface area (Å²) >= 11 is 0. The Hall–Kier alpha value is -3.21. The van der Waals surface area contributed by atoms with Crippen LogP contribution in [0.25, 0.3) is 11.1 Å². The van der Waals surface area contributed by atoms with Crippen molar-refractivity contribution in [3.63, 3.8) is 0 Å². The topological polar surface area (TPSA) is 29.5 Å². The smallest absolute Gasteiger partial charge is 0.166 e. The van der Waals surface area contributed by atoms with E-state index in [1.54, 1.807) is 30.3 Å². The Morgan fingerprint density at radius 1 is 1.03 bits per heavy atom. The highest BCUT2D eigenvalue weighted by Gasteiger charge is 2.26. The van der Waals surface area contributed by atoms with E-state index in [1.807, 2.05) is 6.92 Å². The van der Waals surface area contributed by atoms with Gasteiger partial charge in [-0.15, -0.1) is 6.58 Å². The molecule has 1 N–H and O–H groups in total. The summed E-state index contributed by atoms with van der Waals surface area (Å²) in [4.78, 5) is 0. The van der Waals surface area contributed by atoms with Gasteiger partial charge in [0.15, 0.2) is 17.5 Å². The molecule has 3 rings (SSSR count). The van der Waals surface area contributed by atoms with E-state index in [4.69, 9.17) is 4.74 Å². The molecule has 0 heterocycles. The fourth-order valence-electron chi connectivity index (χ4n) is 4.32. The number of benzene rings is 2. The molecule has 1 aliphatic carbocycles. The van der Waals surface area contributed by atoms with Crippen LogP contribution in [-0.4, -0.2) is 12.2 Å². The second-order valence-corrected chi connectivity index (χ2v) is 8.82. The average molecular weight is 485 g/mol. The van der Waals surface area contributed by atoms with E-state index in [9.17, 15) is 18.3 Å². The minimum Gasteiger partial charge on any atom is -0.508 e. The van der Waals surface area contributed by atoms with Gasteiger partial charge in [0.1, 0.15) is 11.5 Å². The zero-order chi connectivity index (χ0) is 26.0. The first-order valence-corrected chi connectivity index (χ1v) is 11.8. The van der Waals surface area contributed by atoms with Crippen molar-refractivity contribution >= 4 is 0 Å². The Labute approximate surface area is 207 Å². The summed E-state index contributed by atoms with van der Waals surface area (Å²) in [6, 6.07) is 9.34. The highest BCUT2D eigenvalue weighted by Crippen LogP contribution is 2.40. The highest BCUT2D eigenvalue weighted by molar-refractivity contribution is 5.65. The lowest BCUT2D eigenvalue weighted by Crippen LogP contribution is -2.15. The largest absolute Gasteiger partial charge is 0.508 e. The van der Waals surface area contributed by atoms with Crippen molar-refractivity contribution in [3.05, 3.63) is 103 Å². The van der Waals surface area contributed by atoms with Gasteiger partial charge in [0.05, 0.1) is 7.11 Å². The number of halogens is 3. The van der Waals surface area contributed by atoms with Crippen molar-refractivity contribution in [2.45, 2.75) is 51.4 Å². The van der Waals surface area contributed by atoms with Crippen LogP contribution in [0.2, 0.25) is 0 Å². The van der Waals surface area contributed by atoms with Crippen molar-refractivity contribution in [2.24, 2.45) is 5.92 Å². The molecular formula is C30H35F3O2. The van der Waals surface area contributed by atoms with E-state index in [-0.39, 0.29) is 23.0 Å². The van der Waals surface area contributed by atoms with Crippen LogP contribution in [0, 0.1) is 17.6 Å². The van der Waals surface area contributed by atoms with Crippen molar-refractivity contribution < 1.29 is 23.0 Å². The van der Waals surface area contributed by atoms with Gasteiger partial charge >= 0.3 is 0 Å². The molecule has 0 aliphatic heterocycles. The number of phenolic OH excluding ortho intramolecular Hbond substituents is 1. The molecule has 2 aromatic rings. The lowest BCUT2D eigenvalue weighted by Gasteiger charge is -2.29. The molecule has 0 bridgehead atoms. The van der Waals surface area contributed by atoms with E-state index in [1.165, 1.54) is 25.3 Å². The van der Waals surface area contributed by atoms with Crippen LogP contribution in [0.15, 0.2) is 85.4 Å². The average Bonchev–Trinajstić information content (AvgIpc) is 2.85. The fraction of sp³-hybridized carbons (Fsp3) is 0.333. The van der Waals surface area contributed by atoms with Gasteiger partial charge in [0.25, 0.3) is 0 Å². The predicted molar refractivity (Wildman–Crippen MR) is 138 cm³/mol. The minimum atomic E-state index is -0.849. The quantitative estimate of drug-likeness (QED) is 0.230. The third-order valence-corrected chi connectivity index (χ3v) is 6.29. The van der Waals surface area contributed by atoms with Crippen LogP contribution in [-0.2, 0) is 4.74 Å². The molecule has 0 radical (unpaired) electrons. The standard InChI is InChI=1S/C27H29F3O2.C3H6/c1-17(16-25(28)18(2)32-3)4-5-19-6-8-20(9-7-19)23-14-15-24(27(30)26(23)29)21-10-12-22(31)13-11-21;1-3-2/h10-16,19-20,31H,1-2,4-9H2,3H3;3H,1H2,2H3/b25-16+;. The number of hydrogen-bond donors (Lipinski definition) is 1. The molecule has 1 aliphatic rings. The van der Waals surface area contributed by atoms with E-state index in [2.05, 4.69) is 19.7 Å². The number of rotatable bonds is 8. The van der Waals surface area contributed by atoms with Gasteiger partial charge in [-0.1, -0.05) is 49.1 Å². The maximum atomic E-state index is 14.9. The number of hydrogen-bond acceptors (Lipinski definition) is 2. The Morgan fingerprint density at radius 3 is 2.20 bits per heavy atom. The first-order chi connectivity index (χ1) is 16.7. The number of ether oxygens (including phenoxy) is 1. The molecule has 5 heteroatoms. The van der Waals surface area contributed by atoms with Gasteiger partial charge in [-0.3, -0.25) is 0 Å². The molecule has 1 fully saturated rings. The Balaban J connectivity index is 0.00000137. The zero-order valence-corrected chi connectivity index (χ0v) is 20.6. The van der Waals surface area contributed by atoms with Crippen LogP contribution in [0.5, 0.6) is 5.75 Å². The molecule has 188 valence electrons. The number of methoxy groups -OCH3 is 1. The predicted octanol–water partition coefficient (Wildman–Crippen LogP) is 9.15. The van der Waals surface area contributed by atoms with Crippen molar-refractivity contribution in [1.82, 2.24) is 0 Å². The third kappa shape index (κ3) is 7.91. The Kier molecular flexibility index (Phi) is 10.9. The first-order valence-electron chi connectivity index (χ1n) is 11.8. The van der Waals surface area contributed by atoms with Crippen LogP contribution >= 0.6 is 0 Å². The number of allylic oxidation sites excluding steroid dienone is 4. The second-order valence-electron chi connectivity index (χ2n) is 8.82. The van der Waals surface area contributed by atoms with E-state index in [0.717, 1.165) is 32.1 Å². The fourth-order valence-corrected chi connectivity index (χ4v) is 4.32. The summed E-state index contributed by atoms with van der Waals surface area (Å²) in [7, 11) is 1.37. The van der Waals surface area contributed by atoms with Crippen LogP contribution < -0.4 is 0 Å². The van der Waals surface area contributed by atoms with Crippen LogP contribution in [0.3, 0.4) is 0 Å². The molecule has 2 aromatic carbocycles. The second kappa shape index (κ2) is 13.6. The first kappa shape index (κ1) is 28.0. The molecule has 0 spiro atoms. The molecule has 0 atom stereocenters. The lowest BCUT2D eigenvalue weighted by atomic mass is 9.76. The summed E-state index contributed by atoms with van der Waals surface area (Å²) in [6.07, 6.45) is 8.06. The zero-order valence-electron chi connectivity index (χ0n) is 20.6. The highest BCUT2D eigenvalue weighted by atomic mass is 19.2. The van der Waals surface area contributed by atoms with Crippen molar-refractivity contribution in [2.75, 3.05) is 7.11 Å². The van der Waals surface area contributed by atoms with Crippen molar-refractivity contribution in [3.8, 4) is 16.9 Å². The van der Waals surface area contributed by atoms with Gasteiger partial charge in [-0.25, -0.2) is 13.2 Å². The van der Waals surface area contributed by atoms with Gasteiger partial charge < -0.3 is 9.84 Å². The molecule has 1 saturated carbocycles. The minimum absolute atomic E-state index is 0.0137. The van der Waals surface area contributed by atoms with Crippen molar-refractivity contribution in [1.29, 1.82) is 0 Å². The SMILES string of the molecule is C=C(/C=C(/F)C(=C)OC)CCC1CCC(c2ccc(-c3ccc(O)cc3)c(F)c2F)CC1.C=CC. The third-order valence-electron chi connectivity index (χ3n) is 6.29. The maximum absolute atomic E-state index is 14.9. The monoisotopic (exact) mass is 484 g/mol. The van der Waals surface area contributed by atoms with Gasteiger partial charge in [-0.2, -0.15) is 0 Å². The van der Waals surface area contributed by atoms with Gasteiger partial charge in [0.2, 0.25) is 0 Å². The van der Waals surface area contributed by atoms with Crippen LogP contribution in [0.1, 0.15) is 56.9 Å². The molecule has 0 aromatic heterocycles. The van der Waals surface area contributed by atoms with Crippen LogP contribution in [0.4, 0.5) is 13.2 Å². The normalized spacial score (nSPS) is 17.7. The molecular weight excluding hydrogens is 449 g/mol. The number of phenols is 1. The lowest BCUT2D eigenvalue weighted by molar-refractivity contribution is 0.285. The summed E-state index contributed by atoms with van der Waals surface area (Å²) in [6.45, 7) is 12.6. The van der Waals surface area contributed by atoms with Gasteiger partial charge in [0, 0.05) is 5.56 Å². The Bertz CT molecular complexity index is 1050. The molecule has 0 saturated heterocycles. The van der Waals surface area contributed by atoms with E-state index >= 15 is 0 Å². The summed E-state index contributed by atoms with van der Waals surface area (Å²) in [5, 5.41) is 9.40. The van der Waals surface area contributed by atoms with Gasteiger partial charge in [-0.05, 0) is 86.6 Å². The van der Waals surface area contributed by atoms with E-state index in [0.29, 0.717) is 29.0 Å². The molecule has 0 unspecified atom stereocenters. The number of aromatic hydroxyl groups is 1. The Morgan fingerprint density at radius 2 is 1.63 bits per heavy atom. The molecule has 0 amide bonds. The maximum Gasteiger partial charge on any atom is 0.166 e. The summed E-state index contributed by atoms with van der Waals surface area (Å²) < 4.78 is 48.2. The summed E-state index contributed by atoms with van der Waals surface area (Å²) in [5.74, 6) is -1.65. The van der Waals surface area contributed by atoms with E-state index < -0.39 is 17.5 Å². The summed E-state index contributed by atoms with van der Waals surface area (Å²) in [5.41, 5.74) is 1.82. The molecule has 35 heavy (non-hydrogen) atoms.